The Labute approximate surface area is 157 Å². The van der Waals surface area contributed by atoms with Gasteiger partial charge < -0.3 is 19.5 Å². The van der Waals surface area contributed by atoms with Crippen molar-refractivity contribution in [1.29, 1.82) is 0 Å². The van der Waals surface area contributed by atoms with Crippen molar-refractivity contribution < 1.29 is 14.2 Å². The third-order valence-electron chi connectivity index (χ3n) is 3.86. The van der Waals surface area contributed by atoms with Crippen LogP contribution < -0.4 is 19.5 Å². The molecule has 2 aromatic rings. The first kappa shape index (κ1) is 18.9. The molecule has 0 saturated carbocycles. The van der Waals surface area contributed by atoms with Gasteiger partial charge in [-0.2, -0.15) is 0 Å². The van der Waals surface area contributed by atoms with Crippen molar-refractivity contribution in [1.82, 2.24) is 5.32 Å². The molecule has 0 aliphatic rings. The van der Waals surface area contributed by atoms with Crippen molar-refractivity contribution in [3.8, 4) is 17.2 Å². The van der Waals surface area contributed by atoms with Gasteiger partial charge in [-0.3, -0.25) is 0 Å². The van der Waals surface area contributed by atoms with Crippen LogP contribution in [-0.4, -0.2) is 34.4 Å². The first-order valence-electron chi connectivity index (χ1n) is 7.92. The van der Waals surface area contributed by atoms with Crippen LogP contribution in [0.15, 0.2) is 36.4 Å². The summed E-state index contributed by atoms with van der Waals surface area (Å²) in [5.41, 5.74) is 2.55. The fraction of sp³-hybridized carbons (Fsp3) is 0.368. The Hall–Kier alpha value is -1.47. The molecule has 0 saturated heterocycles. The molecule has 1 N–H and O–H groups in total. The highest BCUT2D eigenvalue weighted by molar-refractivity contribution is 14.1. The lowest BCUT2D eigenvalue weighted by Crippen LogP contribution is -2.20. The van der Waals surface area contributed by atoms with Gasteiger partial charge in [0.25, 0.3) is 0 Å². The lowest BCUT2D eigenvalue weighted by atomic mass is 10.1. The van der Waals surface area contributed by atoms with Gasteiger partial charge in [0, 0.05) is 3.57 Å². The zero-order valence-corrected chi connectivity index (χ0v) is 16.6. The molecule has 0 bridgehead atoms. The topological polar surface area (TPSA) is 39.7 Å². The lowest BCUT2D eigenvalue weighted by Gasteiger charge is -2.11. The standard InChI is InChI=1S/C19H24INO3/c1-22-16-5-6-17(20)15(13-16)9-11-21-10-8-14-4-7-18(23-2)19(12-14)24-3/h4-7,12-13,21H,8-11H2,1-3H3. The number of rotatable bonds is 9. The van der Waals surface area contributed by atoms with E-state index in [1.165, 1.54) is 14.7 Å². The fourth-order valence-electron chi connectivity index (χ4n) is 2.49. The first-order chi connectivity index (χ1) is 11.7. The summed E-state index contributed by atoms with van der Waals surface area (Å²) in [7, 11) is 5.02. The van der Waals surface area contributed by atoms with Crippen LogP contribution in [-0.2, 0) is 12.8 Å². The van der Waals surface area contributed by atoms with E-state index in [0.29, 0.717) is 0 Å². The summed E-state index contributed by atoms with van der Waals surface area (Å²) in [4.78, 5) is 0. The second-order valence-electron chi connectivity index (χ2n) is 5.40. The van der Waals surface area contributed by atoms with Gasteiger partial charge >= 0.3 is 0 Å². The average molecular weight is 441 g/mol. The van der Waals surface area contributed by atoms with Crippen LogP contribution in [0.3, 0.4) is 0 Å². The molecule has 0 aromatic heterocycles. The summed E-state index contributed by atoms with van der Waals surface area (Å²) in [5.74, 6) is 2.46. The molecule has 2 rings (SSSR count). The van der Waals surface area contributed by atoms with Crippen LogP contribution in [0, 0.1) is 3.57 Å². The molecule has 0 unspecified atom stereocenters. The number of halogens is 1. The second-order valence-corrected chi connectivity index (χ2v) is 6.56. The van der Waals surface area contributed by atoms with Crippen molar-refractivity contribution in [2.75, 3.05) is 34.4 Å². The van der Waals surface area contributed by atoms with Gasteiger partial charge in [-0.25, -0.2) is 0 Å². The monoisotopic (exact) mass is 441 g/mol. The van der Waals surface area contributed by atoms with E-state index in [0.717, 1.165) is 43.2 Å². The summed E-state index contributed by atoms with van der Waals surface area (Å²) in [6, 6.07) is 12.3. The largest absolute Gasteiger partial charge is 0.497 e. The van der Waals surface area contributed by atoms with Crippen molar-refractivity contribution in [3.63, 3.8) is 0 Å². The predicted molar refractivity (Wildman–Crippen MR) is 106 cm³/mol. The second kappa shape index (κ2) is 9.74. The van der Waals surface area contributed by atoms with Gasteiger partial charge in [0.2, 0.25) is 0 Å². The number of nitrogens with one attached hydrogen (secondary N) is 1. The van der Waals surface area contributed by atoms with E-state index in [4.69, 9.17) is 14.2 Å². The molecule has 0 spiro atoms. The van der Waals surface area contributed by atoms with Gasteiger partial charge in [-0.1, -0.05) is 6.07 Å². The minimum absolute atomic E-state index is 0.766. The van der Waals surface area contributed by atoms with Crippen LogP contribution in [0.5, 0.6) is 17.2 Å². The smallest absolute Gasteiger partial charge is 0.160 e. The maximum absolute atomic E-state index is 5.34. The molecule has 4 nitrogen and oxygen atoms in total. The molecule has 0 aliphatic carbocycles. The fourth-order valence-corrected chi connectivity index (χ4v) is 3.09. The highest BCUT2D eigenvalue weighted by Gasteiger charge is 2.05. The number of hydrogen-bond acceptors (Lipinski definition) is 4. The summed E-state index contributed by atoms with van der Waals surface area (Å²) < 4.78 is 17.2. The van der Waals surface area contributed by atoms with E-state index < -0.39 is 0 Å². The Balaban J connectivity index is 1.79. The van der Waals surface area contributed by atoms with Crippen LogP contribution >= 0.6 is 22.6 Å². The molecule has 0 aliphatic heterocycles. The molecular formula is C19H24INO3. The maximum atomic E-state index is 5.34. The van der Waals surface area contributed by atoms with E-state index in [2.05, 4.69) is 46.1 Å². The quantitative estimate of drug-likeness (QED) is 0.476. The van der Waals surface area contributed by atoms with E-state index in [1.807, 2.05) is 18.2 Å². The van der Waals surface area contributed by atoms with E-state index >= 15 is 0 Å². The van der Waals surface area contributed by atoms with Crippen LogP contribution in [0.1, 0.15) is 11.1 Å². The molecule has 0 amide bonds. The van der Waals surface area contributed by atoms with Crippen molar-refractivity contribution in [2.24, 2.45) is 0 Å². The van der Waals surface area contributed by atoms with Crippen LogP contribution in [0.2, 0.25) is 0 Å². The molecule has 0 atom stereocenters. The highest BCUT2D eigenvalue weighted by Crippen LogP contribution is 2.27. The lowest BCUT2D eigenvalue weighted by molar-refractivity contribution is 0.354. The summed E-state index contributed by atoms with van der Waals surface area (Å²) in [5, 5.41) is 3.50. The zero-order chi connectivity index (χ0) is 17.4. The highest BCUT2D eigenvalue weighted by atomic mass is 127. The predicted octanol–water partition coefficient (Wildman–Crippen LogP) is 3.69. The Kier molecular flexibility index (Phi) is 7.65. The molecular weight excluding hydrogens is 417 g/mol. The normalized spacial score (nSPS) is 10.5. The zero-order valence-electron chi connectivity index (χ0n) is 14.4. The number of ether oxygens (including phenoxy) is 3. The minimum atomic E-state index is 0.766. The third kappa shape index (κ3) is 5.27. The Morgan fingerprint density at radius 1 is 0.833 bits per heavy atom. The van der Waals surface area contributed by atoms with Crippen LogP contribution in [0.25, 0.3) is 0 Å². The van der Waals surface area contributed by atoms with Gasteiger partial charge in [0.15, 0.2) is 11.5 Å². The van der Waals surface area contributed by atoms with Crippen molar-refractivity contribution in [2.45, 2.75) is 12.8 Å². The minimum Gasteiger partial charge on any atom is -0.497 e. The van der Waals surface area contributed by atoms with E-state index in [9.17, 15) is 0 Å². The van der Waals surface area contributed by atoms with Crippen molar-refractivity contribution >= 4 is 22.6 Å². The molecule has 24 heavy (non-hydrogen) atoms. The Morgan fingerprint density at radius 2 is 1.58 bits per heavy atom. The van der Waals surface area contributed by atoms with E-state index in [1.54, 1.807) is 21.3 Å². The number of hydrogen-bond donors (Lipinski definition) is 1. The Bertz CT molecular complexity index is 661. The van der Waals surface area contributed by atoms with Gasteiger partial charge in [-0.05, 0) is 90.0 Å². The molecule has 5 heteroatoms. The SMILES string of the molecule is COc1ccc(I)c(CCNCCc2ccc(OC)c(OC)c2)c1. The molecule has 2 aromatic carbocycles. The average Bonchev–Trinajstić information content (AvgIpc) is 2.62. The number of benzene rings is 2. The first-order valence-corrected chi connectivity index (χ1v) is 9.00. The summed E-state index contributed by atoms with van der Waals surface area (Å²) in [6.45, 7) is 1.87. The van der Waals surface area contributed by atoms with Gasteiger partial charge in [0.1, 0.15) is 5.75 Å². The molecule has 0 fully saturated rings. The van der Waals surface area contributed by atoms with Gasteiger partial charge in [-0.15, -0.1) is 0 Å². The summed E-state index contributed by atoms with van der Waals surface area (Å²) >= 11 is 2.37. The molecule has 0 heterocycles. The summed E-state index contributed by atoms with van der Waals surface area (Å²) in [6.07, 6.45) is 1.94. The van der Waals surface area contributed by atoms with E-state index in [-0.39, 0.29) is 0 Å². The molecule has 0 radical (unpaired) electrons. The van der Waals surface area contributed by atoms with Crippen LogP contribution in [0.4, 0.5) is 0 Å². The maximum Gasteiger partial charge on any atom is 0.160 e. The third-order valence-corrected chi connectivity index (χ3v) is 4.91. The van der Waals surface area contributed by atoms with Crippen molar-refractivity contribution in [3.05, 3.63) is 51.1 Å². The Morgan fingerprint density at radius 3 is 2.29 bits per heavy atom. The number of methoxy groups -OCH3 is 3. The molecule has 130 valence electrons. The van der Waals surface area contributed by atoms with Gasteiger partial charge in [0.05, 0.1) is 21.3 Å².